The highest BCUT2D eigenvalue weighted by molar-refractivity contribution is 5.69. The molecule has 3 atom stereocenters. The van der Waals surface area contributed by atoms with E-state index in [4.69, 9.17) is 4.74 Å². The summed E-state index contributed by atoms with van der Waals surface area (Å²) in [5.74, 6) is 0.0929. The highest BCUT2D eigenvalue weighted by Crippen LogP contribution is 2.37. The zero-order valence-corrected chi connectivity index (χ0v) is 23.8. The van der Waals surface area contributed by atoms with Crippen LogP contribution in [0.1, 0.15) is 63.6 Å². The third-order valence-electron chi connectivity index (χ3n) is 7.34. The number of anilines is 2. The molecule has 3 heterocycles. The smallest absolute Gasteiger partial charge is 0.416 e. The standard InChI is InChI=1S/C28H35F6N5O3/c1-5-20-11-21(15-39(20)25(41)42-26(2,3)4)38(24-35-12-22(13-36-24)37-7-6-23(40)16-37)14-17-8-18(27(29,30)31)10-19(9-17)28(32,33)34/h8-10,12-13,20-21,23,40H,5-7,11,14-16H2,1-4H3/t20-,21+,23-/m1/s1. The molecule has 1 aromatic heterocycles. The van der Waals surface area contributed by atoms with Crippen molar-refractivity contribution in [2.75, 3.05) is 29.4 Å². The predicted octanol–water partition coefficient (Wildman–Crippen LogP) is 5.88. The zero-order chi connectivity index (χ0) is 31.0. The van der Waals surface area contributed by atoms with E-state index in [0.717, 1.165) is 0 Å². The molecule has 42 heavy (non-hydrogen) atoms. The molecule has 0 spiro atoms. The molecule has 2 fully saturated rings. The van der Waals surface area contributed by atoms with E-state index in [-0.39, 0.29) is 36.7 Å². The van der Waals surface area contributed by atoms with Gasteiger partial charge in [0.2, 0.25) is 5.95 Å². The molecule has 0 unspecified atom stereocenters. The summed E-state index contributed by atoms with van der Waals surface area (Å²) < 4.78 is 87.2. The maximum absolute atomic E-state index is 13.6. The molecule has 14 heteroatoms. The van der Waals surface area contributed by atoms with Crippen molar-refractivity contribution in [2.24, 2.45) is 0 Å². The molecular weight excluding hydrogens is 568 g/mol. The van der Waals surface area contributed by atoms with Gasteiger partial charge in [0.1, 0.15) is 5.60 Å². The van der Waals surface area contributed by atoms with Crippen LogP contribution in [0.25, 0.3) is 0 Å². The molecule has 0 radical (unpaired) electrons. The van der Waals surface area contributed by atoms with Crippen LogP contribution in [-0.4, -0.2) is 69.5 Å². The summed E-state index contributed by atoms with van der Waals surface area (Å²) in [6, 6.07) is 0.687. The first-order chi connectivity index (χ1) is 19.4. The van der Waals surface area contributed by atoms with Crippen LogP contribution in [-0.2, 0) is 23.6 Å². The van der Waals surface area contributed by atoms with Crippen molar-refractivity contribution in [1.29, 1.82) is 0 Å². The van der Waals surface area contributed by atoms with Crippen LogP contribution < -0.4 is 9.80 Å². The second-order valence-corrected chi connectivity index (χ2v) is 11.8. The minimum atomic E-state index is -4.99. The minimum Gasteiger partial charge on any atom is -0.444 e. The summed E-state index contributed by atoms with van der Waals surface area (Å²) >= 11 is 0. The molecule has 8 nitrogen and oxygen atoms in total. The van der Waals surface area contributed by atoms with Gasteiger partial charge in [-0.25, -0.2) is 14.8 Å². The summed E-state index contributed by atoms with van der Waals surface area (Å²) in [4.78, 5) is 26.8. The Kier molecular flexibility index (Phi) is 8.87. The molecule has 1 amide bonds. The number of carbonyl (C=O) groups is 1. The van der Waals surface area contributed by atoms with Crippen LogP contribution in [0.5, 0.6) is 0 Å². The lowest BCUT2D eigenvalue weighted by Gasteiger charge is -2.30. The number of alkyl halides is 6. The number of carbonyl (C=O) groups excluding carboxylic acids is 1. The first kappa shape index (κ1) is 31.6. The molecule has 4 rings (SSSR count). The normalized spacial score (nSPS) is 21.6. The molecule has 2 aliphatic rings. The Labute approximate surface area is 240 Å². The maximum Gasteiger partial charge on any atom is 0.416 e. The molecule has 2 saturated heterocycles. The van der Waals surface area contributed by atoms with Gasteiger partial charge < -0.3 is 24.5 Å². The van der Waals surface area contributed by atoms with E-state index >= 15 is 0 Å². The number of likely N-dealkylation sites (tertiary alicyclic amines) is 1. The number of hydrogen-bond donors (Lipinski definition) is 1. The predicted molar refractivity (Wildman–Crippen MR) is 143 cm³/mol. The van der Waals surface area contributed by atoms with Crippen LogP contribution in [0.2, 0.25) is 0 Å². The Bertz CT molecular complexity index is 1220. The summed E-state index contributed by atoms with van der Waals surface area (Å²) in [7, 11) is 0. The van der Waals surface area contributed by atoms with Crippen molar-refractivity contribution < 1.29 is 41.0 Å². The van der Waals surface area contributed by atoms with E-state index in [0.29, 0.717) is 50.2 Å². The van der Waals surface area contributed by atoms with Gasteiger partial charge in [0.15, 0.2) is 0 Å². The second kappa shape index (κ2) is 11.8. The summed E-state index contributed by atoms with van der Waals surface area (Å²) in [6.07, 6.45) is -6.50. The Hall–Kier alpha value is -3.29. The van der Waals surface area contributed by atoms with Crippen molar-refractivity contribution in [3.8, 4) is 0 Å². The highest BCUT2D eigenvalue weighted by atomic mass is 19.4. The quantitative estimate of drug-likeness (QED) is 0.413. The number of rotatable bonds is 6. The maximum atomic E-state index is 13.6. The molecule has 0 aliphatic carbocycles. The van der Waals surface area contributed by atoms with E-state index in [1.165, 1.54) is 17.3 Å². The van der Waals surface area contributed by atoms with Crippen LogP contribution in [0, 0.1) is 0 Å². The molecule has 0 saturated carbocycles. The minimum absolute atomic E-state index is 0.0929. The third kappa shape index (κ3) is 7.56. The van der Waals surface area contributed by atoms with Crippen LogP contribution in [0.15, 0.2) is 30.6 Å². The number of aliphatic hydroxyl groups excluding tert-OH is 1. The number of ether oxygens (including phenoxy) is 1. The van der Waals surface area contributed by atoms with Crippen molar-refractivity contribution in [1.82, 2.24) is 14.9 Å². The summed E-state index contributed by atoms with van der Waals surface area (Å²) in [5.41, 5.74) is -3.19. The topological polar surface area (TPSA) is 82.0 Å². The monoisotopic (exact) mass is 603 g/mol. The van der Waals surface area contributed by atoms with Gasteiger partial charge in [-0.15, -0.1) is 0 Å². The number of aliphatic hydroxyl groups is 1. The van der Waals surface area contributed by atoms with E-state index in [1.807, 2.05) is 11.8 Å². The van der Waals surface area contributed by atoms with Gasteiger partial charge in [0.05, 0.1) is 41.4 Å². The molecule has 1 aromatic carbocycles. The van der Waals surface area contributed by atoms with Crippen LogP contribution in [0.4, 0.5) is 42.8 Å². The van der Waals surface area contributed by atoms with Crippen molar-refractivity contribution in [3.63, 3.8) is 0 Å². The number of halogens is 6. The fourth-order valence-electron chi connectivity index (χ4n) is 5.32. The first-order valence-electron chi connectivity index (χ1n) is 13.7. The van der Waals surface area contributed by atoms with Gasteiger partial charge in [-0.3, -0.25) is 0 Å². The van der Waals surface area contributed by atoms with Gasteiger partial charge in [0, 0.05) is 32.2 Å². The average Bonchev–Trinajstić information content (AvgIpc) is 3.52. The van der Waals surface area contributed by atoms with Crippen molar-refractivity contribution in [2.45, 2.75) is 89.6 Å². The molecule has 232 valence electrons. The summed E-state index contributed by atoms with van der Waals surface area (Å²) in [5, 5.41) is 9.87. The van der Waals surface area contributed by atoms with E-state index in [9.17, 15) is 36.2 Å². The van der Waals surface area contributed by atoms with Gasteiger partial charge in [0.25, 0.3) is 0 Å². The Balaban J connectivity index is 1.71. The molecule has 2 aliphatic heterocycles. The van der Waals surface area contributed by atoms with E-state index in [1.54, 1.807) is 25.7 Å². The van der Waals surface area contributed by atoms with Crippen molar-refractivity contribution in [3.05, 3.63) is 47.3 Å². The number of β-amino-alcohol motifs (C(OH)–C–C–N with tert-alkyl or cyclic N) is 1. The fourth-order valence-corrected chi connectivity index (χ4v) is 5.32. The van der Waals surface area contributed by atoms with Gasteiger partial charge in [-0.05, 0) is 63.8 Å². The number of hydrogen-bond acceptors (Lipinski definition) is 7. The van der Waals surface area contributed by atoms with E-state index < -0.39 is 47.3 Å². The number of benzene rings is 1. The van der Waals surface area contributed by atoms with Crippen molar-refractivity contribution >= 4 is 17.7 Å². The van der Waals surface area contributed by atoms with Gasteiger partial charge >= 0.3 is 18.4 Å². The lowest BCUT2D eigenvalue weighted by molar-refractivity contribution is -0.143. The Morgan fingerprint density at radius 1 is 1.02 bits per heavy atom. The molecule has 2 aromatic rings. The van der Waals surface area contributed by atoms with Crippen LogP contribution in [0.3, 0.4) is 0 Å². The zero-order valence-electron chi connectivity index (χ0n) is 23.8. The van der Waals surface area contributed by atoms with E-state index in [2.05, 4.69) is 9.97 Å². The third-order valence-corrected chi connectivity index (χ3v) is 7.34. The van der Waals surface area contributed by atoms with Crippen LogP contribution >= 0.6 is 0 Å². The summed E-state index contributed by atoms with van der Waals surface area (Å²) in [6.45, 7) is 7.80. The average molecular weight is 604 g/mol. The molecule has 0 bridgehead atoms. The van der Waals surface area contributed by atoms with Gasteiger partial charge in [-0.1, -0.05) is 6.92 Å². The number of amides is 1. The first-order valence-corrected chi connectivity index (χ1v) is 13.7. The Morgan fingerprint density at radius 3 is 2.10 bits per heavy atom. The SMILES string of the molecule is CC[C@@H]1C[C@H](N(Cc2cc(C(F)(F)F)cc(C(F)(F)F)c2)c2ncc(N3CC[C@@H](O)C3)cn2)CN1C(=O)OC(C)(C)C. The molecular formula is C28H35F6N5O3. The number of nitrogens with zero attached hydrogens (tertiary/aromatic N) is 5. The largest absolute Gasteiger partial charge is 0.444 e. The Morgan fingerprint density at radius 2 is 1.62 bits per heavy atom. The fraction of sp³-hybridized carbons (Fsp3) is 0.607. The molecule has 1 N–H and O–H groups in total. The lowest BCUT2D eigenvalue weighted by Crippen LogP contribution is -2.42. The van der Waals surface area contributed by atoms with Gasteiger partial charge in [-0.2, -0.15) is 26.3 Å². The highest BCUT2D eigenvalue weighted by Gasteiger charge is 2.41. The second-order valence-electron chi connectivity index (χ2n) is 11.8. The number of aromatic nitrogens is 2. The lowest BCUT2D eigenvalue weighted by atomic mass is 10.0.